The number of nitrogens with one attached hydrogen (secondary N) is 1. The Kier molecular flexibility index (Phi) is 38.0. The molecule has 0 radical (unpaired) electrons. The maximum atomic E-state index is 12.7. The zero-order valence-corrected chi connectivity index (χ0v) is 34.4. The van der Waals surface area contributed by atoms with Crippen LogP contribution < -0.4 is 11.1 Å². The van der Waals surface area contributed by atoms with Crippen LogP contribution in [-0.4, -0.2) is 47.8 Å². The average molecular weight is 753 g/mol. The average Bonchev–Trinajstić information content (AvgIpc) is 3.13. The normalized spacial score (nSPS) is 14.6. The fourth-order valence-electron chi connectivity index (χ4n) is 5.86. The molecule has 0 aliphatic carbocycles. The number of hydrogen-bond acceptors (Lipinski definition) is 6. The van der Waals surface area contributed by atoms with Crippen molar-refractivity contribution in [2.24, 2.45) is 5.73 Å². The van der Waals surface area contributed by atoms with Gasteiger partial charge in [-0.05, 0) is 70.6 Å². The molecule has 0 aromatic heterocycles. The number of unbranched alkanes of at least 4 members (excludes halogenated alkanes) is 21. The van der Waals surface area contributed by atoms with E-state index in [9.17, 15) is 19.4 Å². The summed E-state index contributed by atoms with van der Waals surface area (Å²) in [6, 6.07) is -0.887. The summed E-state index contributed by atoms with van der Waals surface area (Å²) in [5.74, 6) is -0.218. The van der Waals surface area contributed by atoms with Gasteiger partial charge >= 0.3 is 7.82 Å². The number of aliphatic hydroxyl groups excluding tert-OH is 1. The van der Waals surface area contributed by atoms with Gasteiger partial charge in [-0.15, -0.1) is 0 Å². The Labute approximate surface area is 320 Å². The van der Waals surface area contributed by atoms with Crippen LogP contribution in [0.5, 0.6) is 0 Å². The number of phosphoric acid groups is 1. The van der Waals surface area contributed by atoms with E-state index in [0.29, 0.717) is 6.42 Å². The van der Waals surface area contributed by atoms with Gasteiger partial charge < -0.3 is 21.1 Å². The minimum absolute atomic E-state index is 0.0693. The molecule has 3 atom stereocenters. The molecule has 8 nitrogen and oxygen atoms in total. The lowest BCUT2D eigenvalue weighted by atomic mass is 10.1. The highest BCUT2D eigenvalue weighted by Gasteiger charge is 2.26. The van der Waals surface area contributed by atoms with Crippen molar-refractivity contribution >= 4 is 13.7 Å². The summed E-state index contributed by atoms with van der Waals surface area (Å²) in [5, 5.41) is 13.6. The molecule has 0 heterocycles. The van der Waals surface area contributed by atoms with Gasteiger partial charge in [0.1, 0.15) is 0 Å². The Morgan fingerprint density at radius 1 is 0.615 bits per heavy atom. The number of carbonyl (C=O) groups is 1. The minimum atomic E-state index is -4.35. The SMILES string of the molecule is CCCCCCCC/C=C\CCCCCCCC(=O)NC(COP(=O)(O)OCCN)C(O)/C=C/CC/C=C/CC/C=C/CCCCCCCCCC. The lowest BCUT2D eigenvalue weighted by molar-refractivity contribution is -0.123. The summed E-state index contributed by atoms with van der Waals surface area (Å²) in [4.78, 5) is 22.7. The first-order chi connectivity index (χ1) is 25.4. The van der Waals surface area contributed by atoms with E-state index in [0.717, 1.165) is 64.2 Å². The number of aliphatic hydroxyl groups is 1. The van der Waals surface area contributed by atoms with Crippen LogP contribution in [0.3, 0.4) is 0 Å². The van der Waals surface area contributed by atoms with Crippen LogP contribution in [0.2, 0.25) is 0 Å². The van der Waals surface area contributed by atoms with Crippen molar-refractivity contribution in [3.8, 4) is 0 Å². The van der Waals surface area contributed by atoms with Crippen molar-refractivity contribution in [1.82, 2.24) is 5.32 Å². The third kappa shape index (κ3) is 36.8. The molecule has 5 N–H and O–H groups in total. The molecule has 0 rings (SSSR count). The van der Waals surface area contributed by atoms with Crippen molar-refractivity contribution in [2.45, 2.75) is 199 Å². The first kappa shape index (κ1) is 50.5. The second-order valence-electron chi connectivity index (χ2n) is 14.2. The molecule has 0 bridgehead atoms. The number of nitrogens with two attached hydrogens (primary N) is 1. The van der Waals surface area contributed by atoms with E-state index in [-0.39, 0.29) is 25.7 Å². The number of hydrogen-bond donors (Lipinski definition) is 4. The smallest absolute Gasteiger partial charge is 0.387 e. The zero-order chi connectivity index (χ0) is 38.2. The molecule has 0 aromatic carbocycles. The molecule has 1 amide bonds. The third-order valence-corrected chi connectivity index (χ3v) is 10.1. The fourth-order valence-corrected chi connectivity index (χ4v) is 6.62. The van der Waals surface area contributed by atoms with E-state index in [2.05, 4.69) is 55.6 Å². The molecular formula is C43H81N2O6P. The second-order valence-corrected chi connectivity index (χ2v) is 15.6. The molecule has 0 aliphatic heterocycles. The number of amides is 1. The van der Waals surface area contributed by atoms with Crippen molar-refractivity contribution in [3.05, 3.63) is 48.6 Å². The summed E-state index contributed by atoms with van der Waals surface area (Å²) in [7, 11) is -4.35. The van der Waals surface area contributed by atoms with Crippen LogP contribution in [0.15, 0.2) is 48.6 Å². The van der Waals surface area contributed by atoms with Crippen LogP contribution in [0.25, 0.3) is 0 Å². The molecule has 9 heteroatoms. The van der Waals surface area contributed by atoms with Crippen LogP contribution in [0.4, 0.5) is 0 Å². The molecule has 0 saturated carbocycles. The largest absolute Gasteiger partial charge is 0.472 e. The van der Waals surface area contributed by atoms with Crippen LogP contribution in [-0.2, 0) is 18.4 Å². The molecule has 0 spiro atoms. The van der Waals surface area contributed by atoms with E-state index in [4.69, 9.17) is 14.8 Å². The highest BCUT2D eigenvalue weighted by atomic mass is 31.2. The standard InChI is InChI=1S/C43H81N2O6P/c1-3-5-7-9-11-13-15-17-19-20-21-23-24-26-28-30-32-34-36-42(46)41(40-51-52(48,49)50-39-38-44)45-43(47)37-35-33-31-29-27-25-22-18-16-14-12-10-8-6-4-2/h18,20-22,26,28,34,36,41-42,46H,3-17,19,23-25,27,29-33,35,37-40,44H2,1-2H3,(H,45,47)(H,48,49)/b21-20+,22-18-,28-26+,36-34+. The van der Waals surface area contributed by atoms with Crippen molar-refractivity contribution in [2.75, 3.05) is 19.8 Å². The van der Waals surface area contributed by atoms with Gasteiger partial charge in [-0.2, -0.15) is 0 Å². The predicted molar refractivity (Wildman–Crippen MR) is 221 cm³/mol. The van der Waals surface area contributed by atoms with E-state index in [1.165, 1.54) is 103 Å². The van der Waals surface area contributed by atoms with Crippen molar-refractivity contribution in [1.29, 1.82) is 0 Å². The second kappa shape index (κ2) is 39.2. The molecule has 0 aromatic rings. The fraction of sp³-hybridized carbons (Fsp3) is 0.791. The van der Waals surface area contributed by atoms with E-state index in [1.54, 1.807) is 6.08 Å². The molecule has 0 fully saturated rings. The van der Waals surface area contributed by atoms with Crippen molar-refractivity contribution < 1.29 is 28.4 Å². The van der Waals surface area contributed by atoms with E-state index in [1.807, 2.05) is 6.08 Å². The highest BCUT2D eigenvalue weighted by molar-refractivity contribution is 7.47. The minimum Gasteiger partial charge on any atom is -0.387 e. The molecule has 304 valence electrons. The Hall–Kier alpha value is -1.54. The van der Waals surface area contributed by atoms with Gasteiger partial charge in [-0.25, -0.2) is 4.57 Å². The summed E-state index contributed by atoms with van der Waals surface area (Å²) >= 11 is 0. The summed E-state index contributed by atoms with van der Waals surface area (Å²) in [6.45, 7) is 4.08. The van der Waals surface area contributed by atoms with Crippen molar-refractivity contribution in [3.63, 3.8) is 0 Å². The van der Waals surface area contributed by atoms with Gasteiger partial charge in [-0.3, -0.25) is 13.8 Å². The van der Waals surface area contributed by atoms with Gasteiger partial charge in [0.25, 0.3) is 0 Å². The maximum Gasteiger partial charge on any atom is 0.472 e. The van der Waals surface area contributed by atoms with Crippen LogP contribution in [0.1, 0.15) is 187 Å². The lowest BCUT2D eigenvalue weighted by Gasteiger charge is -2.23. The van der Waals surface area contributed by atoms with E-state index >= 15 is 0 Å². The predicted octanol–water partition coefficient (Wildman–Crippen LogP) is 11.7. The molecule has 52 heavy (non-hydrogen) atoms. The Balaban J connectivity index is 4.34. The number of allylic oxidation sites excluding steroid dienone is 7. The van der Waals surface area contributed by atoms with Gasteiger partial charge in [-0.1, -0.05) is 159 Å². The first-order valence-electron chi connectivity index (χ1n) is 21.3. The summed E-state index contributed by atoms with van der Waals surface area (Å²) in [6.07, 6.45) is 47.3. The molecular weight excluding hydrogens is 671 g/mol. The monoisotopic (exact) mass is 753 g/mol. The van der Waals surface area contributed by atoms with Gasteiger partial charge in [0, 0.05) is 13.0 Å². The van der Waals surface area contributed by atoms with Gasteiger partial charge in [0.15, 0.2) is 0 Å². The lowest BCUT2D eigenvalue weighted by Crippen LogP contribution is -2.45. The summed E-state index contributed by atoms with van der Waals surface area (Å²) < 4.78 is 22.1. The first-order valence-corrected chi connectivity index (χ1v) is 22.8. The zero-order valence-electron chi connectivity index (χ0n) is 33.5. The quantitative estimate of drug-likeness (QED) is 0.0279. The van der Waals surface area contributed by atoms with Gasteiger partial charge in [0.2, 0.25) is 5.91 Å². The van der Waals surface area contributed by atoms with E-state index < -0.39 is 20.0 Å². The van der Waals surface area contributed by atoms with Crippen LogP contribution in [0, 0.1) is 0 Å². The van der Waals surface area contributed by atoms with Gasteiger partial charge in [0.05, 0.1) is 25.4 Å². The number of phosphoric ester groups is 1. The molecule has 3 unspecified atom stereocenters. The Morgan fingerprint density at radius 3 is 1.48 bits per heavy atom. The third-order valence-electron chi connectivity index (χ3n) is 9.10. The summed E-state index contributed by atoms with van der Waals surface area (Å²) in [5.41, 5.74) is 5.36. The highest BCUT2D eigenvalue weighted by Crippen LogP contribution is 2.43. The maximum absolute atomic E-state index is 12.7. The molecule has 0 aliphatic rings. The number of rotatable bonds is 39. The molecule has 0 saturated heterocycles. The number of carbonyl (C=O) groups excluding carboxylic acids is 1. The topological polar surface area (TPSA) is 131 Å². The Bertz CT molecular complexity index is 954. The Morgan fingerprint density at radius 2 is 1.02 bits per heavy atom. The van der Waals surface area contributed by atoms with Crippen LogP contribution >= 0.6 is 7.82 Å².